The molecule has 2 N–H and O–H groups in total. The van der Waals surface area contributed by atoms with Crippen molar-refractivity contribution < 1.29 is 4.42 Å². The van der Waals surface area contributed by atoms with Gasteiger partial charge in [0.1, 0.15) is 5.82 Å². The summed E-state index contributed by atoms with van der Waals surface area (Å²) in [4.78, 5) is 8.80. The van der Waals surface area contributed by atoms with Crippen LogP contribution in [0.25, 0.3) is 11.6 Å². The first kappa shape index (κ1) is 12.6. The first-order chi connectivity index (χ1) is 8.56. The van der Waals surface area contributed by atoms with E-state index in [1.165, 1.54) is 0 Å². The van der Waals surface area contributed by atoms with E-state index in [4.69, 9.17) is 10.2 Å². The third-order valence-electron chi connectivity index (χ3n) is 2.73. The van der Waals surface area contributed by atoms with Gasteiger partial charge in [0, 0.05) is 12.0 Å². The molecular weight excluding hydrogens is 430 g/mol. The number of anilines is 1. The summed E-state index contributed by atoms with van der Waals surface area (Å²) in [5.41, 5.74) is 6.88. The molecule has 2 aromatic rings. The van der Waals surface area contributed by atoms with Gasteiger partial charge in [-0.1, -0.05) is 0 Å². The van der Waals surface area contributed by atoms with Crippen LogP contribution in [0.3, 0.4) is 0 Å². The van der Waals surface area contributed by atoms with Gasteiger partial charge in [-0.15, -0.1) is 0 Å². The van der Waals surface area contributed by atoms with Gasteiger partial charge in [-0.3, -0.25) is 0 Å². The van der Waals surface area contributed by atoms with Crippen LogP contribution in [0.5, 0.6) is 0 Å². The Balaban J connectivity index is 2.12. The quantitative estimate of drug-likeness (QED) is 0.752. The van der Waals surface area contributed by atoms with E-state index in [1.807, 2.05) is 6.07 Å². The monoisotopic (exact) mass is 435 g/mol. The Morgan fingerprint density at radius 1 is 1.22 bits per heavy atom. The Labute approximate surface area is 129 Å². The molecule has 2 heterocycles. The third kappa shape index (κ3) is 2.23. The van der Waals surface area contributed by atoms with E-state index in [2.05, 4.69) is 57.8 Å². The largest absolute Gasteiger partial charge is 0.445 e. The number of hydrogen-bond donors (Lipinski definition) is 1. The molecule has 0 unspecified atom stereocenters. The molecule has 0 spiro atoms. The van der Waals surface area contributed by atoms with Crippen molar-refractivity contribution in [3.63, 3.8) is 0 Å². The van der Waals surface area contributed by atoms with Gasteiger partial charge < -0.3 is 10.2 Å². The van der Waals surface area contributed by atoms with Gasteiger partial charge in [0.05, 0.1) is 14.6 Å². The second kappa shape index (κ2) is 4.61. The van der Waals surface area contributed by atoms with Crippen LogP contribution in [0, 0.1) is 0 Å². The first-order valence-electron chi connectivity index (χ1n) is 5.34. The fourth-order valence-electron chi connectivity index (χ4n) is 1.68. The highest BCUT2D eigenvalue weighted by molar-refractivity contribution is 9.13. The van der Waals surface area contributed by atoms with Crippen LogP contribution >= 0.6 is 47.8 Å². The molecule has 1 aliphatic carbocycles. The number of halogens is 3. The smallest absolute Gasteiger partial charge is 0.198 e. The molecule has 94 valence electrons. The second-order valence-corrected chi connectivity index (χ2v) is 6.51. The van der Waals surface area contributed by atoms with Crippen LogP contribution in [-0.2, 0) is 0 Å². The summed E-state index contributed by atoms with van der Waals surface area (Å²) >= 11 is 10.1. The van der Waals surface area contributed by atoms with E-state index in [1.54, 1.807) is 0 Å². The fraction of sp³-hybridized carbons (Fsp3) is 0.273. The molecule has 4 nitrogen and oxygen atoms in total. The highest BCUT2D eigenvalue weighted by atomic mass is 79.9. The van der Waals surface area contributed by atoms with Crippen LogP contribution < -0.4 is 5.73 Å². The number of furan rings is 1. The van der Waals surface area contributed by atoms with Gasteiger partial charge in [0.15, 0.2) is 16.3 Å². The van der Waals surface area contributed by atoms with E-state index in [9.17, 15) is 0 Å². The third-order valence-corrected chi connectivity index (χ3v) is 5.25. The van der Waals surface area contributed by atoms with E-state index >= 15 is 0 Å². The Morgan fingerprint density at radius 2 is 1.94 bits per heavy atom. The van der Waals surface area contributed by atoms with Gasteiger partial charge in [-0.25, -0.2) is 9.97 Å². The number of nitrogens with two attached hydrogens (primary N) is 1. The Hall–Kier alpha value is -0.400. The topological polar surface area (TPSA) is 64.9 Å². The summed E-state index contributed by atoms with van der Waals surface area (Å²) < 4.78 is 7.78. The molecule has 0 amide bonds. The molecule has 0 aliphatic heterocycles. The molecule has 1 saturated carbocycles. The zero-order valence-corrected chi connectivity index (χ0v) is 13.8. The molecule has 7 heteroatoms. The minimum absolute atomic E-state index is 0.450. The number of nitrogens with zero attached hydrogens (tertiary/aromatic N) is 2. The summed E-state index contributed by atoms with van der Waals surface area (Å²) in [6.07, 6.45) is 2.31. The molecule has 3 rings (SSSR count). The van der Waals surface area contributed by atoms with Gasteiger partial charge >= 0.3 is 0 Å². The lowest BCUT2D eigenvalue weighted by Crippen LogP contribution is -2.01. The van der Waals surface area contributed by atoms with Crippen LogP contribution in [0.2, 0.25) is 0 Å². The Bertz CT molecular complexity index is 603. The highest BCUT2D eigenvalue weighted by Crippen LogP contribution is 2.44. The Morgan fingerprint density at radius 3 is 2.50 bits per heavy atom. The predicted octanol–water partition coefficient (Wildman–Crippen LogP) is 4.48. The second-order valence-electron chi connectivity index (χ2n) is 4.14. The first-order valence-corrected chi connectivity index (χ1v) is 7.72. The Kier molecular flexibility index (Phi) is 3.23. The molecule has 1 fully saturated rings. The van der Waals surface area contributed by atoms with Crippen molar-refractivity contribution in [3.8, 4) is 11.6 Å². The number of rotatable bonds is 2. The molecule has 18 heavy (non-hydrogen) atoms. The van der Waals surface area contributed by atoms with Gasteiger partial charge in [-0.2, -0.15) is 0 Å². The van der Waals surface area contributed by atoms with Gasteiger partial charge in [0.2, 0.25) is 0 Å². The lowest BCUT2D eigenvalue weighted by molar-refractivity contribution is 0.549. The maximum absolute atomic E-state index is 5.91. The van der Waals surface area contributed by atoms with Crippen molar-refractivity contribution >= 4 is 53.6 Å². The summed E-state index contributed by atoms with van der Waals surface area (Å²) in [7, 11) is 0. The van der Waals surface area contributed by atoms with E-state index < -0.39 is 0 Å². The van der Waals surface area contributed by atoms with Crippen LogP contribution in [0.1, 0.15) is 24.5 Å². The molecule has 0 aromatic carbocycles. The van der Waals surface area contributed by atoms with Gasteiger partial charge in [0.25, 0.3) is 0 Å². The molecule has 0 saturated heterocycles. The van der Waals surface area contributed by atoms with Crippen LogP contribution in [-0.4, -0.2) is 9.97 Å². The zero-order chi connectivity index (χ0) is 12.9. The molecule has 0 atom stereocenters. The van der Waals surface area contributed by atoms with E-state index in [-0.39, 0.29) is 0 Å². The maximum atomic E-state index is 5.91. The predicted molar refractivity (Wildman–Crippen MR) is 79.2 cm³/mol. The average Bonchev–Trinajstić information content (AvgIpc) is 3.10. The van der Waals surface area contributed by atoms with Gasteiger partial charge in [-0.05, 0) is 60.6 Å². The van der Waals surface area contributed by atoms with Crippen LogP contribution in [0.4, 0.5) is 5.82 Å². The van der Waals surface area contributed by atoms with Crippen molar-refractivity contribution in [2.24, 2.45) is 0 Å². The summed E-state index contributed by atoms with van der Waals surface area (Å²) in [6.45, 7) is 0. The maximum Gasteiger partial charge on any atom is 0.198 e. The van der Waals surface area contributed by atoms with Crippen LogP contribution in [0.15, 0.2) is 24.1 Å². The van der Waals surface area contributed by atoms with Crippen molar-refractivity contribution in [2.75, 3.05) is 5.73 Å². The molecular formula is C11H8Br3N3O. The van der Waals surface area contributed by atoms with E-state index in [0.717, 1.165) is 27.5 Å². The standard InChI is InChI=1S/C11H8Br3N3O/c12-5-3-6(18-9(5)14)11-16-8(4-1-2-4)7(13)10(15)17-11/h3-4H,1-2H2,(H2,15,16,17). The SMILES string of the molecule is Nc1nc(-c2cc(Br)c(Br)o2)nc(C2CC2)c1Br. The number of nitrogen functional groups attached to an aromatic ring is 1. The molecule has 1 aliphatic rings. The molecule has 0 bridgehead atoms. The lowest BCUT2D eigenvalue weighted by atomic mass is 10.2. The minimum Gasteiger partial charge on any atom is -0.445 e. The zero-order valence-electron chi connectivity index (χ0n) is 9.08. The van der Waals surface area contributed by atoms with Crippen molar-refractivity contribution in [1.29, 1.82) is 0 Å². The van der Waals surface area contributed by atoms with E-state index in [0.29, 0.717) is 28.0 Å². The molecule has 0 radical (unpaired) electrons. The number of aromatic nitrogens is 2. The fourth-order valence-corrected chi connectivity index (χ4v) is 2.76. The minimum atomic E-state index is 0.450. The normalized spacial score (nSPS) is 15.1. The van der Waals surface area contributed by atoms with Crippen molar-refractivity contribution in [1.82, 2.24) is 9.97 Å². The lowest BCUT2D eigenvalue weighted by Gasteiger charge is -2.06. The summed E-state index contributed by atoms with van der Waals surface area (Å²) in [5.74, 6) is 2.05. The number of hydrogen-bond acceptors (Lipinski definition) is 4. The molecule has 2 aromatic heterocycles. The summed E-state index contributed by atoms with van der Waals surface area (Å²) in [6, 6.07) is 1.82. The average molecular weight is 438 g/mol. The van der Waals surface area contributed by atoms with Crippen molar-refractivity contribution in [3.05, 3.63) is 25.4 Å². The summed E-state index contributed by atoms with van der Waals surface area (Å²) in [5, 5.41) is 0. The van der Waals surface area contributed by atoms with Crippen molar-refractivity contribution in [2.45, 2.75) is 18.8 Å². The highest BCUT2D eigenvalue weighted by Gasteiger charge is 2.29.